The SMILES string of the molecule is CCN1OCC(NC(=O)c2ccc(C3=NOC(c4ccc(Cl)c(C(F)(F)F)c4)(C(F)(F)F)C3)cc2C)C1=O. The van der Waals surface area contributed by atoms with Gasteiger partial charge in [-0.15, -0.1) is 0 Å². The van der Waals surface area contributed by atoms with E-state index in [2.05, 4.69) is 10.5 Å². The van der Waals surface area contributed by atoms with Gasteiger partial charge in [0.25, 0.3) is 17.4 Å². The topological polar surface area (TPSA) is 80.2 Å². The molecule has 38 heavy (non-hydrogen) atoms. The summed E-state index contributed by atoms with van der Waals surface area (Å²) in [5, 5.41) is 6.47. The highest BCUT2D eigenvalue weighted by Gasteiger charge is 2.62. The largest absolute Gasteiger partial charge is 0.435 e. The Hall–Kier alpha value is -3.32. The first kappa shape index (κ1) is 27.7. The van der Waals surface area contributed by atoms with E-state index < -0.39 is 58.4 Å². The Morgan fingerprint density at radius 3 is 2.47 bits per heavy atom. The van der Waals surface area contributed by atoms with Crippen LogP contribution in [-0.2, 0) is 26.2 Å². The van der Waals surface area contributed by atoms with Crippen LogP contribution in [0.25, 0.3) is 0 Å². The van der Waals surface area contributed by atoms with Gasteiger partial charge in [-0.2, -0.15) is 26.3 Å². The number of carbonyl (C=O) groups is 2. The van der Waals surface area contributed by atoms with Crippen molar-refractivity contribution >= 4 is 29.1 Å². The Bertz CT molecular complexity index is 1310. The summed E-state index contributed by atoms with van der Waals surface area (Å²) >= 11 is 5.57. The maximum absolute atomic E-state index is 14.2. The number of hydrogen-bond acceptors (Lipinski definition) is 5. The first-order valence-corrected chi connectivity index (χ1v) is 11.6. The zero-order chi connectivity index (χ0) is 28.0. The van der Waals surface area contributed by atoms with Crippen LogP contribution in [0.15, 0.2) is 41.6 Å². The number of halogens is 7. The normalized spacial score (nSPS) is 21.9. The van der Waals surface area contributed by atoms with Crippen molar-refractivity contribution in [3.8, 4) is 0 Å². The summed E-state index contributed by atoms with van der Waals surface area (Å²) < 4.78 is 82.7. The van der Waals surface area contributed by atoms with Crippen LogP contribution in [0.1, 0.15) is 46.0 Å². The number of amides is 2. The molecule has 14 heteroatoms. The van der Waals surface area contributed by atoms with E-state index >= 15 is 0 Å². The van der Waals surface area contributed by atoms with E-state index in [1.807, 2.05) is 0 Å². The number of carbonyl (C=O) groups excluding carboxylic acids is 2. The van der Waals surface area contributed by atoms with Gasteiger partial charge in [-0.25, -0.2) is 5.06 Å². The maximum atomic E-state index is 14.2. The van der Waals surface area contributed by atoms with Gasteiger partial charge < -0.3 is 10.2 Å². The molecule has 1 fully saturated rings. The van der Waals surface area contributed by atoms with Crippen LogP contribution in [0.2, 0.25) is 5.02 Å². The zero-order valence-corrected chi connectivity index (χ0v) is 20.6. The lowest BCUT2D eigenvalue weighted by atomic mass is 9.85. The molecule has 2 aromatic rings. The first-order valence-electron chi connectivity index (χ1n) is 11.2. The van der Waals surface area contributed by atoms with E-state index in [0.29, 0.717) is 18.2 Å². The average Bonchev–Trinajstić information content (AvgIpc) is 3.43. The molecule has 2 aliphatic heterocycles. The molecule has 0 spiro atoms. The smallest absolute Gasteiger partial charge is 0.374 e. The lowest BCUT2D eigenvalue weighted by Gasteiger charge is -2.30. The van der Waals surface area contributed by atoms with Crippen LogP contribution in [-0.4, -0.2) is 48.0 Å². The standard InChI is InChI=1S/C24H20ClF6N3O4/c1-3-34-21(36)19(11-37-34)32-20(35)15-6-4-13(8-12(15)2)18-10-22(38-33-18,24(29,30)31)14-5-7-17(25)16(9-14)23(26,27)28/h4-9,19H,3,10-11H2,1-2H3,(H,32,35). The number of benzene rings is 2. The van der Waals surface area contributed by atoms with Crippen molar-refractivity contribution in [2.45, 2.75) is 44.3 Å². The molecule has 0 bridgehead atoms. The van der Waals surface area contributed by atoms with E-state index in [0.717, 1.165) is 17.2 Å². The number of nitrogens with one attached hydrogen (secondary N) is 1. The maximum Gasteiger partial charge on any atom is 0.435 e. The average molecular weight is 564 g/mol. The summed E-state index contributed by atoms with van der Waals surface area (Å²) in [4.78, 5) is 34.9. The van der Waals surface area contributed by atoms with Gasteiger partial charge in [-0.3, -0.25) is 14.4 Å². The second-order valence-corrected chi connectivity index (χ2v) is 9.11. The van der Waals surface area contributed by atoms with Gasteiger partial charge in [-0.1, -0.05) is 28.9 Å². The second-order valence-electron chi connectivity index (χ2n) is 8.71. The predicted molar refractivity (Wildman–Crippen MR) is 122 cm³/mol. The number of rotatable bonds is 5. The van der Waals surface area contributed by atoms with Crippen molar-refractivity contribution in [3.63, 3.8) is 0 Å². The number of likely N-dealkylation sites (N-methyl/N-ethyl adjacent to an activating group) is 1. The van der Waals surface area contributed by atoms with Crippen molar-refractivity contribution < 1.29 is 45.6 Å². The molecular weight excluding hydrogens is 544 g/mol. The van der Waals surface area contributed by atoms with Gasteiger partial charge in [0, 0.05) is 24.1 Å². The van der Waals surface area contributed by atoms with Crippen molar-refractivity contribution in [1.82, 2.24) is 10.4 Å². The third-order valence-electron chi connectivity index (χ3n) is 6.26. The quantitative estimate of drug-likeness (QED) is 0.511. The monoisotopic (exact) mass is 563 g/mol. The van der Waals surface area contributed by atoms with Crippen molar-refractivity contribution in [3.05, 3.63) is 69.2 Å². The van der Waals surface area contributed by atoms with Crippen LogP contribution >= 0.6 is 11.6 Å². The second kappa shape index (κ2) is 9.77. The Morgan fingerprint density at radius 2 is 1.89 bits per heavy atom. The predicted octanol–water partition coefficient (Wildman–Crippen LogP) is 5.14. The van der Waals surface area contributed by atoms with Gasteiger partial charge in [0.2, 0.25) is 0 Å². The molecule has 0 radical (unpaired) electrons. The number of hydroxylamine groups is 2. The van der Waals surface area contributed by atoms with E-state index in [-0.39, 0.29) is 23.4 Å². The Kier molecular flexibility index (Phi) is 7.12. The third-order valence-corrected chi connectivity index (χ3v) is 6.59. The van der Waals surface area contributed by atoms with Crippen LogP contribution in [0, 0.1) is 6.92 Å². The number of aryl methyl sites for hydroxylation is 1. The molecule has 0 aliphatic carbocycles. The molecule has 7 nitrogen and oxygen atoms in total. The van der Waals surface area contributed by atoms with Crippen LogP contribution in [0.5, 0.6) is 0 Å². The Morgan fingerprint density at radius 1 is 1.18 bits per heavy atom. The van der Waals surface area contributed by atoms with Gasteiger partial charge in [-0.05, 0) is 49.2 Å². The molecule has 2 aromatic carbocycles. The molecule has 2 unspecified atom stereocenters. The lowest BCUT2D eigenvalue weighted by Crippen LogP contribution is -2.43. The summed E-state index contributed by atoms with van der Waals surface area (Å²) in [6.45, 7) is 3.50. The van der Waals surface area contributed by atoms with Gasteiger partial charge in [0.1, 0.15) is 12.6 Å². The molecule has 0 aromatic heterocycles. The van der Waals surface area contributed by atoms with Crippen LogP contribution in [0.3, 0.4) is 0 Å². The third kappa shape index (κ3) is 4.92. The summed E-state index contributed by atoms with van der Waals surface area (Å²) in [6, 6.07) is 5.05. The number of alkyl halides is 6. The number of oxime groups is 1. The summed E-state index contributed by atoms with van der Waals surface area (Å²) in [7, 11) is 0. The molecular formula is C24H20ClF6N3O4. The highest BCUT2D eigenvalue weighted by atomic mass is 35.5. The van der Waals surface area contributed by atoms with E-state index in [1.54, 1.807) is 6.92 Å². The molecule has 4 rings (SSSR count). The molecule has 2 atom stereocenters. The molecule has 2 heterocycles. The first-order chi connectivity index (χ1) is 17.7. The molecule has 204 valence electrons. The number of nitrogens with zero attached hydrogens (tertiary/aromatic N) is 2. The highest BCUT2D eigenvalue weighted by Crippen LogP contribution is 2.50. The fraction of sp³-hybridized carbons (Fsp3) is 0.375. The summed E-state index contributed by atoms with van der Waals surface area (Å²) in [6.07, 6.45) is -11.0. The fourth-order valence-electron chi connectivity index (χ4n) is 4.21. The van der Waals surface area contributed by atoms with Crippen molar-refractivity contribution in [2.75, 3.05) is 13.2 Å². The molecule has 2 aliphatic rings. The van der Waals surface area contributed by atoms with Gasteiger partial charge in [0.05, 0.1) is 16.3 Å². The van der Waals surface area contributed by atoms with Crippen molar-refractivity contribution in [2.24, 2.45) is 5.16 Å². The van der Waals surface area contributed by atoms with E-state index in [1.165, 1.54) is 25.1 Å². The molecule has 2 amide bonds. The Balaban J connectivity index is 1.58. The van der Waals surface area contributed by atoms with Gasteiger partial charge >= 0.3 is 12.4 Å². The fourth-order valence-corrected chi connectivity index (χ4v) is 4.43. The Labute approximate surface area is 217 Å². The minimum atomic E-state index is -5.13. The van der Waals surface area contributed by atoms with E-state index in [9.17, 15) is 35.9 Å². The summed E-state index contributed by atoms with van der Waals surface area (Å²) in [5.74, 6) is -1.00. The lowest BCUT2D eigenvalue weighted by molar-refractivity contribution is -0.276. The zero-order valence-electron chi connectivity index (χ0n) is 19.8. The van der Waals surface area contributed by atoms with Crippen LogP contribution < -0.4 is 5.32 Å². The minimum Gasteiger partial charge on any atom is -0.374 e. The van der Waals surface area contributed by atoms with Crippen LogP contribution in [0.4, 0.5) is 26.3 Å². The van der Waals surface area contributed by atoms with Gasteiger partial charge in [0.15, 0.2) is 0 Å². The van der Waals surface area contributed by atoms with E-state index in [4.69, 9.17) is 21.3 Å². The molecule has 0 saturated carbocycles. The summed E-state index contributed by atoms with van der Waals surface area (Å²) in [5.41, 5.74) is -4.91. The highest BCUT2D eigenvalue weighted by molar-refractivity contribution is 6.31. The minimum absolute atomic E-state index is 0.0377. The van der Waals surface area contributed by atoms with Crippen molar-refractivity contribution in [1.29, 1.82) is 0 Å². The molecule has 1 saturated heterocycles. The number of hydrogen-bond donors (Lipinski definition) is 1. The molecule has 1 N–H and O–H groups in total.